The Balaban J connectivity index is 3.18. The summed E-state index contributed by atoms with van der Waals surface area (Å²) in [5.74, 6) is 0. The van der Waals surface area contributed by atoms with Crippen molar-refractivity contribution in [2.24, 2.45) is 4.99 Å². The molecular formula is C19H30N2. The van der Waals surface area contributed by atoms with Crippen LogP contribution in [0.1, 0.15) is 49.4 Å². The molecule has 0 aromatic heterocycles. The summed E-state index contributed by atoms with van der Waals surface area (Å²) < 4.78 is 0. The molecule has 0 saturated heterocycles. The summed E-state index contributed by atoms with van der Waals surface area (Å²) in [6.07, 6.45) is 1.10. The van der Waals surface area contributed by atoms with Gasteiger partial charge in [-0.2, -0.15) is 0 Å². The largest absolute Gasteiger partial charge is 0.364 e. The molecule has 0 aliphatic heterocycles. The van der Waals surface area contributed by atoms with Crippen molar-refractivity contribution < 1.29 is 0 Å². The smallest absolute Gasteiger partial charge is 0.0639 e. The van der Waals surface area contributed by atoms with Gasteiger partial charge in [-0.3, -0.25) is 4.99 Å². The van der Waals surface area contributed by atoms with E-state index < -0.39 is 0 Å². The van der Waals surface area contributed by atoms with Crippen LogP contribution in [0.4, 0.5) is 0 Å². The van der Waals surface area contributed by atoms with E-state index >= 15 is 0 Å². The van der Waals surface area contributed by atoms with Crippen LogP contribution in [0.3, 0.4) is 0 Å². The van der Waals surface area contributed by atoms with Crippen LogP contribution in [0.5, 0.6) is 0 Å². The summed E-state index contributed by atoms with van der Waals surface area (Å²) in [6.45, 7) is 18.4. The number of aliphatic imine (C=N–C) groups is 1. The fraction of sp³-hybridized carbons (Fsp3) is 0.526. The van der Waals surface area contributed by atoms with Gasteiger partial charge in [0.15, 0.2) is 0 Å². The summed E-state index contributed by atoms with van der Waals surface area (Å²) in [7, 11) is 1.86. The van der Waals surface area contributed by atoms with Crippen LogP contribution in [0.2, 0.25) is 0 Å². The van der Waals surface area contributed by atoms with Gasteiger partial charge in [-0.05, 0) is 75.4 Å². The summed E-state index contributed by atoms with van der Waals surface area (Å²) in [5, 5.41) is 0. The zero-order chi connectivity index (χ0) is 16.2. The molecule has 0 N–H and O–H groups in total. The van der Waals surface area contributed by atoms with E-state index in [4.69, 9.17) is 0 Å². The van der Waals surface area contributed by atoms with Crippen molar-refractivity contribution in [3.8, 4) is 0 Å². The Bertz CT molecular complexity index is 517. The van der Waals surface area contributed by atoms with E-state index in [1.165, 1.54) is 22.3 Å². The molecule has 1 atom stereocenters. The predicted molar refractivity (Wildman–Crippen MR) is 95.2 cm³/mol. The second-order valence-corrected chi connectivity index (χ2v) is 5.92. The zero-order valence-corrected chi connectivity index (χ0v) is 14.7. The predicted octanol–water partition coefficient (Wildman–Crippen LogP) is 4.77. The quantitative estimate of drug-likeness (QED) is 0.688. The third-order valence-electron chi connectivity index (χ3n) is 4.50. The molecular weight excluding hydrogens is 256 g/mol. The first-order valence-corrected chi connectivity index (χ1v) is 7.80. The third-order valence-corrected chi connectivity index (χ3v) is 4.50. The maximum atomic E-state index is 4.36. The standard InChI is InChI=1S/C19H30N2/c1-9-10-21(17(6)16(5)20-8)18(7)19-11-13(2)15(4)14(3)12-19/h11-12,17H,7,9-10H2,1-6,8H3. The molecule has 0 radical (unpaired) electrons. The highest BCUT2D eigenvalue weighted by Crippen LogP contribution is 2.25. The molecule has 1 rings (SSSR count). The first kappa shape index (κ1) is 17.5. The Morgan fingerprint density at radius 2 is 1.76 bits per heavy atom. The summed E-state index contributed by atoms with van der Waals surface area (Å²) in [6, 6.07) is 4.78. The average molecular weight is 286 g/mol. The molecule has 0 aliphatic carbocycles. The molecule has 21 heavy (non-hydrogen) atoms. The maximum Gasteiger partial charge on any atom is 0.0639 e. The summed E-state index contributed by atoms with van der Waals surface area (Å²) in [4.78, 5) is 6.72. The molecule has 1 unspecified atom stereocenters. The molecule has 0 amide bonds. The van der Waals surface area contributed by atoms with Gasteiger partial charge >= 0.3 is 0 Å². The van der Waals surface area contributed by atoms with E-state index in [0.29, 0.717) is 0 Å². The molecule has 2 heteroatoms. The highest BCUT2D eigenvalue weighted by Gasteiger charge is 2.18. The fourth-order valence-corrected chi connectivity index (χ4v) is 2.58. The topological polar surface area (TPSA) is 15.6 Å². The van der Waals surface area contributed by atoms with Crippen LogP contribution in [-0.2, 0) is 0 Å². The number of nitrogens with zero attached hydrogens (tertiary/aromatic N) is 2. The molecule has 0 fully saturated rings. The molecule has 0 aliphatic rings. The van der Waals surface area contributed by atoms with Crippen LogP contribution in [0.15, 0.2) is 23.7 Å². The molecule has 1 aromatic rings. The van der Waals surface area contributed by atoms with E-state index in [2.05, 4.69) is 70.1 Å². The SMILES string of the molecule is C=C(c1cc(C)c(C)c(C)c1)N(CCC)C(C)C(C)=NC. The van der Waals surface area contributed by atoms with Crippen molar-refractivity contribution in [3.63, 3.8) is 0 Å². The van der Waals surface area contributed by atoms with Gasteiger partial charge in [0.1, 0.15) is 0 Å². The van der Waals surface area contributed by atoms with Gasteiger partial charge in [-0.1, -0.05) is 13.5 Å². The van der Waals surface area contributed by atoms with Crippen LogP contribution >= 0.6 is 0 Å². The molecule has 0 heterocycles. The van der Waals surface area contributed by atoms with Gasteiger partial charge in [0.2, 0.25) is 0 Å². The van der Waals surface area contributed by atoms with E-state index in [0.717, 1.165) is 24.4 Å². The zero-order valence-electron chi connectivity index (χ0n) is 14.7. The van der Waals surface area contributed by atoms with Crippen LogP contribution < -0.4 is 0 Å². The van der Waals surface area contributed by atoms with Crippen molar-refractivity contribution in [1.82, 2.24) is 4.90 Å². The molecule has 0 bridgehead atoms. The lowest BCUT2D eigenvalue weighted by Crippen LogP contribution is -2.37. The van der Waals surface area contributed by atoms with E-state index in [-0.39, 0.29) is 6.04 Å². The minimum Gasteiger partial charge on any atom is -0.364 e. The first-order valence-electron chi connectivity index (χ1n) is 7.80. The number of hydrogen-bond acceptors (Lipinski definition) is 2. The molecule has 0 saturated carbocycles. The van der Waals surface area contributed by atoms with Gasteiger partial charge in [0, 0.05) is 25.0 Å². The Morgan fingerprint density at radius 1 is 1.24 bits per heavy atom. The Hall–Kier alpha value is -1.57. The van der Waals surface area contributed by atoms with Crippen LogP contribution in [0.25, 0.3) is 5.70 Å². The van der Waals surface area contributed by atoms with Crippen molar-refractivity contribution in [3.05, 3.63) is 41.0 Å². The fourth-order valence-electron chi connectivity index (χ4n) is 2.58. The van der Waals surface area contributed by atoms with Crippen molar-refractivity contribution >= 4 is 11.4 Å². The van der Waals surface area contributed by atoms with Crippen molar-refractivity contribution in [1.29, 1.82) is 0 Å². The van der Waals surface area contributed by atoms with Crippen molar-refractivity contribution in [2.45, 2.75) is 54.0 Å². The number of aryl methyl sites for hydroxylation is 2. The second-order valence-electron chi connectivity index (χ2n) is 5.92. The van der Waals surface area contributed by atoms with Crippen molar-refractivity contribution in [2.75, 3.05) is 13.6 Å². The number of benzene rings is 1. The monoisotopic (exact) mass is 286 g/mol. The van der Waals surface area contributed by atoms with Crippen LogP contribution in [0, 0.1) is 20.8 Å². The van der Waals surface area contributed by atoms with Gasteiger partial charge in [-0.15, -0.1) is 0 Å². The number of rotatable bonds is 6. The van der Waals surface area contributed by atoms with Gasteiger partial charge < -0.3 is 4.90 Å². The molecule has 116 valence electrons. The van der Waals surface area contributed by atoms with Crippen LogP contribution in [-0.4, -0.2) is 30.2 Å². The maximum absolute atomic E-state index is 4.36. The minimum absolute atomic E-state index is 0.282. The van der Waals surface area contributed by atoms with Gasteiger partial charge in [0.05, 0.1) is 6.04 Å². The highest BCUT2D eigenvalue weighted by molar-refractivity contribution is 5.88. The molecule has 1 aromatic carbocycles. The van der Waals surface area contributed by atoms with E-state index in [1.807, 2.05) is 7.05 Å². The highest BCUT2D eigenvalue weighted by atomic mass is 15.2. The van der Waals surface area contributed by atoms with Gasteiger partial charge in [-0.25, -0.2) is 0 Å². The van der Waals surface area contributed by atoms with E-state index in [1.54, 1.807) is 0 Å². The summed E-state index contributed by atoms with van der Waals surface area (Å²) in [5.41, 5.74) is 7.49. The third kappa shape index (κ3) is 3.96. The molecule has 2 nitrogen and oxygen atoms in total. The average Bonchev–Trinajstić information content (AvgIpc) is 2.47. The van der Waals surface area contributed by atoms with E-state index in [9.17, 15) is 0 Å². The molecule has 0 spiro atoms. The second kappa shape index (κ2) is 7.44. The lowest BCUT2D eigenvalue weighted by Gasteiger charge is -2.33. The minimum atomic E-state index is 0.282. The first-order chi connectivity index (χ1) is 9.83. The number of hydrogen-bond donors (Lipinski definition) is 0. The summed E-state index contributed by atoms with van der Waals surface area (Å²) >= 11 is 0. The lowest BCUT2D eigenvalue weighted by molar-refractivity contribution is 0.372. The Kier molecular flexibility index (Phi) is 6.19. The van der Waals surface area contributed by atoms with Gasteiger partial charge in [0.25, 0.3) is 0 Å². The Morgan fingerprint density at radius 3 is 2.19 bits per heavy atom. The Labute approximate surface area is 130 Å². The normalized spacial score (nSPS) is 13.2. The lowest BCUT2D eigenvalue weighted by atomic mass is 9.98.